The second-order valence-electron chi connectivity index (χ2n) is 3.66. The molecule has 0 unspecified atom stereocenters. The van der Waals surface area contributed by atoms with Crippen molar-refractivity contribution in [2.75, 3.05) is 32.1 Å². The highest BCUT2D eigenvalue weighted by Crippen LogP contribution is 2.07. The number of methoxy groups -OCH3 is 1. The van der Waals surface area contributed by atoms with Gasteiger partial charge < -0.3 is 15.4 Å². The molecule has 19 heavy (non-hydrogen) atoms. The van der Waals surface area contributed by atoms with E-state index in [1.807, 2.05) is 0 Å². The van der Waals surface area contributed by atoms with Crippen LogP contribution < -0.4 is 16.0 Å². The summed E-state index contributed by atoms with van der Waals surface area (Å²) in [4.78, 5) is 22.6. The van der Waals surface area contributed by atoms with Crippen LogP contribution in [-0.2, 0) is 9.53 Å². The van der Waals surface area contributed by atoms with Crippen molar-refractivity contribution in [2.45, 2.75) is 0 Å². The zero-order valence-electron chi connectivity index (χ0n) is 10.5. The maximum Gasteiger partial charge on any atom is 0.321 e. The minimum Gasteiger partial charge on any atom is -0.383 e. The Bertz CT molecular complexity index is 440. The molecule has 0 aliphatic heterocycles. The number of nitrogens with one attached hydrogen (secondary N) is 3. The van der Waals surface area contributed by atoms with Crippen LogP contribution in [0.4, 0.5) is 14.9 Å². The van der Waals surface area contributed by atoms with Crippen molar-refractivity contribution >= 4 is 17.6 Å². The first kappa shape index (κ1) is 14.9. The molecule has 0 bridgehead atoms. The van der Waals surface area contributed by atoms with Crippen molar-refractivity contribution in [2.24, 2.45) is 0 Å². The number of carbonyl (C=O) groups excluding carboxylic acids is 2. The molecule has 1 aromatic rings. The highest BCUT2D eigenvalue weighted by molar-refractivity contribution is 5.96. The van der Waals surface area contributed by atoms with E-state index in [0.29, 0.717) is 18.8 Å². The second kappa shape index (κ2) is 8.04. The van der Waals surface area contributed by atoms with E-state index < -0.39 is 17.8 Å². The molecule has 104 valence electrons. The molecule has 0 aliphatic carbocycles. The van der Waals surface area contributed by atoms with E-state index in [4.69, 9.17) is 4.74 Å². The molecule has 6 nitrogen and oxygen atoms in total. The molecule has 0 spiro atoms. The van der Waals surface area contributed by atoms with Crippen molar-refractivity contribution in [3.8, 4) is 0 Å². The molecule has 3 amide bonds. The van der Waals surface area contributed by atoms with E-state index in [1.54, 1.807) is 6.07 Å². The third-order valence-corrected chi connectivity index (χ3v) is 2.12. The van der Waals surface area contributed by atoms with Crippen LogP contribution in [0.1, 0.15) is 0 Å². The lowest BCUT2D eigenvalue weighted by atomic mass is 10.3. The van der Waals surface area contributed by atoms with E-state index in [0.717, 1.165) is 0 Å². The van der Waals surface area contributed by atoms with Crippen molar-refractivity contribution in [1.29, 1.82) is 0 Å². The average molecular weight is 269 g/mol. The van der Waals surface area contributed by atoms with Crippen molar-refractivity contribution in [1.82, 2.24) is 10.6 Å². The van der Waals surface area contributed by atoms with Crippen molar-refractivity contribution in [3.63, 3.8) is 0 Å². The summed E-state index contributed by atoms with van der Waals surface area (Å²) >= 11 is 0. The van der Waals surface area contributed by atoms with Gasteiger partial charge in [-0.15, -0.1) is 0 Å². The van der Waals surface area contributed by atoms with Crippen molar-refractivity contribution < 1.29 is 18.7 Å². The molecule has 0 heterocycles. The summed E-state index contributed by atoms with van der Waals surface area (Å²) in [6.45, 7) is 0.553. The van der Waals surface area contributed by atoms with Crippen LogP contribution in [0.2, 0.25) is 0 Å². The minimum absolute atomic E-state index is 0.124. The molecule has 0 atom stereocenters. The Morgan fingerprint density at radius 3 is 2.84 bits per heavy atom. The van der Waals surface area contributed by atoms with Gasteiger partial charge in [-0.05, 0) is 18.2 Å². The van der Waals surface area contributed by atoms with Gasteiger partial charge in [-0.3, -0.25) is 10.1 Å². The average Bonchev–Trinajstić information content (AvgIpc) is 2.37. The highest BCUT2D eigenvalue weighted by Gasteiger charge is 2.06. The number of anilines is 1. The SMILES string of the molecule is COCCNC(=O)NC(=O)CNc1cccc(F)c1. The highest BCUT2D eigenvalue weighted by atomic mass is 19.1. The first-order chi connectivity index (χ1) is 9.11. The predicted octanol–water partition coefficient (Wildman–Crippen LogP) is 0.710. The van der Waals surface area contributed by atoms with Crippen LogP contribution in [0.15, 0.2) is 24.3 Å². The van der Waals surface area contributed by atoms with Gasteiger partial charge in [-0.2, -0.15) is 0 Å². The number of imide groups is 1. The summed E-state index contributed by atoms with van der Waals surface area (Å²) in [5.41, 5.74) is 0.468. The van der Waals surface area contributed by atoms with Gasteiger partial charge >= 0.3 is 6.03 Å². The molecule has 0 aliphatic rings. The standard InChI is InChI=1S/C12H16FN3O3/c1-19-6-5-14-12(18)16-11(17)8-15-10-4-2-3-9(13)7-10/h2-4,7,15H,5-6,8H2,1H3,(H2,14,16,17,18). The number of urea groups is 1. The summed E-state index contributed by atoms with van der Waals surface area (Å²) in [7, 11) is 1.51. The summed E-state index contributed by atoms with van der Waals surface area (Å²) < 4.78 is 17.6. The molecule has 7 heteroatoms. The van der Waals surface area contributed by atoms with E-state index in [2.05, 4.69) is 16.0 Å². The molecule has 0 aromatic heterocycles. The number of ether oxygens (including phenoxy) is 1. The van der Waals surface area contributed by atoms with Crippen LogP contribution in [-0.4, -0.2) is 38.7 Å². The largest absolute Gasteiger partial charge is 0.383 e. The number of hydrogen-bond donors (Lipinski definition) is 3. The Morgan fingerprint density at radius 2 is 2.16 bits per heavy atom. The Labute approximate surface area is 110 Å². The molecule has 0 radical (unpaired) electrons. The van der Waals surface area contributed by atoms with Gasteiger partial charge in [-0.25, -0.2) is 9.18 Å². The maximum absolute atomic E-state index is 12.9. The Balaban J connectivity index is 2.26. The molecular formula is C12H16FN3O3. The molecular weight excluding hydrogens is 253 g/mol. The lowest BCUT2D eigenvalue weighted by molar-refractivity contribution is -0.118. The van der Waals surface area contributed by atoms with E-state index in [1.165, 1.54) is 25.3 Å². The number of rotatable bonds is 6. The summed E-state index contributed by atoms with van der Waals surface area (Å²) in [6.07, 6.45) is 0. The zero-order chi connectivity index (χ0) is 14.1. The van der Waals surface area contributed by atoms with E-state index in [-0.39, 0.29) is 6.54 Å². The fourth-order valence-electron chi connectivity index (χ4n) is 1.26. The summed E-state index contributed by atoms with van der Waals surface area (Å²) in [6, 6.07) is 5.10. The van der Waals surface area contributed by atoms with Crippen LogP contribution in [0.5, 0.6) is 0 Å². The van der Waals surface area contributed by atoms with Gasteiger partial charge in [0.1, 0.15) is 5.82 Å². The summed E-state index contributed by atoms with van der Waals surface area (Å²) in [5, 5.41) is 7.26. The molecule has 3 N–H and O–H groups in total. The number of amides is 3. The fourth-order valence-corrected chi connectivity index (χ4v) is 1.26. The van der Waals surface area contributed by atoms with Crippen LogP contribution in [0.25, 0.3) is 0 Å². The maximum atomic E-state index is 12.9. The topological polar surface area (TPSA) is 79.5 Å². The van der Waals surface area contributed by atoms with Gasteiger partial charge in [0.2, 0.25) is 5.91 Å². The quantitative estimate of drug-likeness (QED) is 0.664. The second-order valence-corrected chi connectivity index (χ2v) is 3.66. The number of hydrogen-bond acceptors (Lipinski definition) is 4. The normalized spacial score (nSPS) is 9.79. The smallest absolute Gasteiger partial charge is 0.321 e. The summed E-state index contributed by atoms with van der Waals surface area (Å²) in [5.74, 6) is -0.915. The van der Waals surface area contributed by atoms with Gasteiger partial charge in [-0.1, -0.05) is 6.07 Å². The van der Waals surface area contributed by atoms with Gasteiger partial charge in [0.25, 0.3) is 0 Å². The fraction of sp³-hybridized carbons (Fsp3) is 0.333. The Morgan fingerprint density at radius 1 is 1.37 bits per heavy atom. The lowest BCUT2D eigenvalue weighted by Crippen LogP contribution is -2.42. The Kier molecular flexibility index (Phi) is 6.31. The van der Waals surface area contributed by atoms with Gasteiger partial charge in [0.15, 0.2) is 0 Å². The first-order valence-corrected chi connectivity index (χ1v) is 5.68. The zero-order valence-corrected chi connectivity index (χ0v) is 10.5. The minimum atomic E-state index is -0.594. The van der Waals surface area contributed by atoms with E-state index in [9.17, 15) is 14.0 Å². The van der Waals surface area contributed by atoms with Crippen LogP contribution in [0, 0.1) is 5.82 Å². The predicted molar refractivity (Wildman–Crippen MR) is 68.3 cm³/mol. The number of halogens is 1. The third-order valence-electron chi connectivity index (χ3n) is 2.12. The van der Waals surface area contributed by atoms with Crippen LogP contribution in [0.3, 0.4) is 0 Å². The molecule has 0 saturated carbocycles. The van der Waals surface area contributed by atoms with E-state index >= 15 is 0 Å². The van der Waals surface area contributed by atoms with Crippen molar-refractivity contribution in [3.05, 3.63) is 30.1 Å². The first-order valence-electron chi connectivity index (χ1n) is 5.68. The number of carbonyl (C=O) groups is 2. The number of benzene rings is 1. The Hall–Kier alpha value is -2.15. The third kappa shape index (κ3) is 6.37. The molecule has 1 aromatic carbocycles. The van der Waals surface area contributed by atoms with Crippen LogP contribution >= 0.6 is 0 Å². The van der Waals surface area contributed by atoms with Gasteiger partial charge in [0, 0.05) is 19.3 Å². The van der Waals surface area contributed by atoms with Gasteiger partial charge in [0.05, 0.1) is 13.2 Å². The molecule has 0 fully saturated rings. The molecule has 1 rings (SSSR count). The lowest BCUT2D eigenvalue weighted by Gasteiger charge is -2.08. The monoisotopic (exact) mass is 269 g/mol. The molecule has 0 saturated heterocycles.